The van der Waals surface area contributed by atoms with Gasteiger partial charge in [-0.15, -0.1) is 11.3 Å². The lowest BCUT2D eigenvalue weighted by Crippen LogP contribution is -2.38. The van der Waals surface area contributed by atoms with E-state index in [1.54, 1.807) is 5.38 Å². The second kappa shape index (κ2) is 8.31. The van der Waals surface area contributed by atoms with Crippen LogP contribution in [0.2, 0.25) is 0 Å². The van der Waals surface area contributed by atoms with Crippen LogP contribution in [-0.4, -0.2) is 34.6 Å². The Kier molecular flexibility index (Phi) is 5.88. The molecular formula is C19H22N2O4S. The second-order valence-electron chi connectivity index (χ2n) is 6.36. The highest BCUT2D eigenvalue weighted by Gasteiger charge is 2.27. The zero-order valence-corrected chi connectivity index (χ0v) is 15.4. The van der Waals surface area contributed by atoms with Crippen LogP contribution in [0.25, 0.3) is 10.6 Å². The quantitative estimate of drug-likeness (QED) is 0.807. The van der Waals surface area contributed by atoms with E-state index in [1.165, 1.54) is 11.3 Å². The van der Waals surface area contributed by atoms with Crippen LogP contribution in [0.15, 0.2) is 29.6 Å². The first-order valence-corrected chi connectivity index (χ1v) is 9.67. The number of thiazole rings is 1. The zero-order valence-electron chi connectivity index (χ0n) is 14.6. The van der Waals surface area contributed by atoms with Crippen molar-refractivity contribution in [1.29, 1.82) is 0 Å². The van der Waals surface area contributed by atoms with E-state index in [4.69, 9.17) is 9.84 Å². The Morgan fingerprint density at radius 3 is 2.54 bits per heavy atom. The first-order chi connectivity index (χ1) is 12.6. The molecule has 0 saturated heterocycles. The number of carboxylic acid groups (broad SMARTS) is 1. The minimum atomic E-state index is -0.741. The summed E-state index contributed by atoms with van der Waals surface area (Å²) >= 11 is 1.43. The van der Waals surface area contributed by atoms with E-state index in [2.05, 4.69) is 10.3 Å². The molecule has 2 N–H and O–H groups in total. The van der Waals surface area contributed by atoms with Gasteiger partial charge in [0.05, 0.1) is 12.5 Å². The van der Waals surface area contributed by atoms with Crippen LogP contribution in [0.5, 0.6) is 5.75 Å². The third kappa shape index (κ3) is 4.40. The summed E-state index contributed by atoms with van der Waals surface area (Å²) in [5.74, 6) is -0.414. The van der Waals surface area contributed by atoms with Crippen molar-refractivity contribution in [2.24, 2.45) is 5.92 Å². The van der Waals surface area contributed by atoms with Crippen LogP contribution in [0.4, 0.5) is 0 Å². The number of amides is 1. The number of ether oxygens (including phenoxy) is 1. The fourth-order valence-electron chi connectivity index (χ4n) is 3.12. The van der Waals surface area contributed by atoms with E-state index in [0.29, 0.717) is 38.0 Å². The van der Waals surface area contributed by atoms with Crippen LogP contribution in [0.3, 0.4) is 0 Å². The average Bonchev–Trinajstić information content (AvgIpc) is 3.13. The number of rotatable bonds is 6. The van der Waals surface area contributed by atoms with E-state index >= 15 is 0 Å². The van der Waals surface area contributed by atoms with Gasteiger partial charge >= 0.3 is 5.97 Å². The van der Waals surface area contributed by atoms with Gasteiger partial charge in [0.1, 0.15) is 16.5 Å². The van der Waals surface area contributed by atoms with Gasteiger partial charge < -0.3 is 15.2 Å². The van der Waals surface area contributed by atoms with Crippen LogP contribution in [0.1, 0.15) is 43.1 Å². The van der Waals surface area contributed by atoms with Crippen LogP contribution < -0.4 is 10.1 Å². The lowest BCUT2D eigenvalue weighted by molar-refractivity contribution is -0.142. The summed E-state index contributed by atoms with van der Waals surface area (Å²) in [6.45, 7) is 2.56. The molecule has 7 heteroatoms. The standard InChI is InChI=1S/C19H22N2O4S/c1-2-25-15-9-5-12(6-10-15)18-21-16(11-26-18)17(22)20-14-7-3-13(4-8-14)19(23)24/h5-6,9-11,13-14H,2-4,7-8H2,1H3,(H,20,22)(H,23,24). The predicted molar refractivity (Wildman–Crippen MR) is 99.6 cm³/mol. The molecule has 26 heavy (non-hydrogen) atoms. The molecular weight excluding hydrogens is 352 g/mol. The zero-order chi connectivity index (χ0) is 18.5. The third-order valence-electron chi connectivity index (χ3n) is 4.56. The highest BCUT2D eigenvalue weighted by Crippen LogP contribution is 2.27. The highest BCUT2D eigenvalue weighted by molar-refractivity contribution is 7.13. The monoisotopic (exact) mass is 374 g/mol. The number of hydrogen-bond acceptors (Lipinski definition) is 5. The van der Waals surface area contributed by atoms with Gasteiger partial charge in [-0.3, -0.25) is 9.59 Å². The van der Waals surface area contributed by atoms with Gasteiger partial charge in [0.15, 0.2) is 0 Å². The summed E-state index contributed by atoms with van der Waals surface area (Å²) in [4.78, 5) is 27.8. The molecule has 1 fully saturated rings. The van der Waals surface area contributed by atoms with Crippen LogP contribution >= 0.6 is 11.3 Å². The Balaban J connectivity index is 1.59. The normalized spacial score (nSPS) is 19.7. The first kappa shape index (κ1) is 18.4. The fourth-order valence-corrected chi connectivity index (χ4v) is 3.92. The molecule has 1 aromatic heterocycles. The molecule has 1 aromatic carbocycles. The van der Waals surface area contributed by atoms with Gasteiger partial charge in [-0.2, -0.15) is 0 Å². The van der Waals surface area contributed by atoms with E-state index < -0.39 is 5.97 Å². The Morgan fingerprint density at radius 1 is 1.23 bits per heavy atom. The van der Waals surface area contributed by atoms with Crippen molar-refractivity contribution < 1.29 is 19.4 Å². The molecule has 0 spiro atoms. The number of nitrogens with one attached hydrogen (secondary N) is 1. The predicted octanol–water partition coefficient (Wildman–Crippen LogP) is 3.58. The molecule has 138 valence electrons. The largest absolute Gasteiger partial charge is 0.494 e. The summed E-state index contributed by atoms with van der Waals surface area (Å²) in [6.07, 6.45) is 2.60. The molecule has 0 atom stereocenters. The number of nitrogens with zero attached hydrogens (tertiary/aromatic N) is 1. The smallest absolute Gasteiger partial charge is 0.306 e. The maximum absolute atomic E-state index is 12.4. The number of hydrogen-bond donors (Lipinski definition) is 2. The van der Waals surface area contributed by atoms with Crippen molar-refractivity contribution in [3.8, 4) is 16.3 Å². The van der Waals surface area contributed by atoms with Gasteiger partial charge in [-0.25, -0.2) is 4.98 Å². The van der Waals surface area contributed by atoms with Gasteiger partial charge in [0.2, 0.25) is 0 Å². The van der Waals surface area contributed by atoms with Crippen LogP contribution in [0, 0.1) is 5.92 Å². The number of aromatic nitrogens is 1. The first-order valence-electron chi connectivity index (χ1n) is 8.79. The molecule has 0 radical (unpaired) electrons. The van der Waals surface area contributed by atoms with E-state index in [9.17, 15) is 9.59 Å². The van der Waals surface area contributed by atoms with Crippen molar-refractivity contribution in [2.45, 2.75) is 38.6 Å². The number of aliphatic carboxylic acids is 1. The minimum Gasteiger partial charge on any atom is -0.494 e. The molecule has 1 heterocycles. The maximum atomic E-state index is 12.4. The van der Waals surface area contributed by atoms with Crippen molar-refractivity contribution in [1.82, 2.24) is 10.3 Å². The Labute approximate surface area is 156 Å². The van der Waals surface area contributed by atoms with Gasteiger partial charge in [0, 0.05) is 17.0 Å². The molecule has 3 rings (SSSR count). The molecule has 1 aliphatic rings. The van der Waals surface area contributed by atoms with Crippen molar-refractivity contribution in [3.63, 3.8) is 0 Å². The van der Waals surface area contributed by atoms with Crippen LogP contribution in [-0.2, 0) is 4.79 Å². The molecule has 1 amide bonds. The molecule has 0 aliphatic heterocycles. The van der Waals surface area contributed by atoms with Gasteiger partial charge in [-0.05, 0) is 56.9 Å². The average molecular weight is 374 g/mol. The Bertz CT molecular complexity index is 764. The molecule has 1 aliphatic carbocycles. The number of carboxylic acids is 1. The topological polar surface area (TPSA) is 88.5 Å². The molecule has 6 nitrogen and oxygen atoms in total. The van der Waals surface area contributed by atoms with Crippen molar-refractivity contribution in [3.05, 3.63) is 35.3 Å². The van der Waals surface area contributed by atoms with E-state index in [1.807, 2.05) is 31.2 Å². The second-order valence-corrected chi connectivity index (χ2v) is 7.21. The van der Waals surface area contributed by atoms with Gasteiger partial charge in [-0.1, -0.05) is 0 Å². The van der Waals surface area contributed by atoms with E-state index in [0.717, 1.165) is 16.3 Å². The van der Waals surface area contributed by atoms with Crippen molar-refractivity contribution in [2.75, 3.05) is 6.61 Å². The summed E-state index contributed by atoms with van der Waals surface area (Å²) in [5.41, 5.74) is 1.35. The SMILES string of the molecule is CCOc1ccc(-c2nc(C(=O)NC3CCC(C(=O)O)CC3)cs2)cc1. The van der Waals surface area contributed by atoms with Crippen molar-refractivity contribution >= 4 is 23.2 Å². The Morgan fingerprint density at radius 2 is 1.92 bits per heavy atom. The van der Waals surface area contributed by atoms with Gasteiger partial charge in [0.25, 0.3) is 5.91 Å². The lowest BCUT2D eigenvalue weighted by atomic mass is 9.86. The number of carbonyl (C=O) groups is 2. The fraction of sp³-hybridized carbons (Fsp3) is 0.421. The Hall–Kier alpha value is -2.41. The summed E-state index contributed by atoms with van der Waals surface area (Å²) in [5, 5.41) is 14.6. The molecule has 2 aromatic rings. The lowest BCUT2D eigenvalue weighted by Gasteiger charge is -2.26. The molecule has 1 saturated carbocycles. The number of carbonyl (C=O) groups excluding carboxylic acids is 1. The minimum absolute atomic E-state index is 0.0220. The third-order valence-corrected chi connectivity index (χ3v) is 5.45. The summed E-state index contributed by atoms with van der Waals surface area (Å²) in [7, 11) is 0. The number of benzene rings is 1. The molecule has 0 unspecified atom stereocenters. The molecule has 0 bridgehead atoms. The van der Waals surface area contributed by atoms with E-state index in [-0.39, 0.29) is 17.9 Å². The summed E-state index contributed by atoms with van der Waals surface area (Å²) in [6, 6.07) is 7.66. The maximum Gasteiger partial charge on any atom is 0.306 e. The summed E-state index contributed by atoms with van der Waals surface area (Å²) < 4.78 is 5.43. The highest BCUT2D eigenvalue weighted by atomic mass is 32.1.